The van der Waals surface area contributed by atoms with Gasteiger partial charge in [-0.3, -0.25) is 0 Å². The van der Waals surface area contributed by atoms with Crippen LogP contribution >= 0.6 is 11.3 Å². The number of nitrogens with two attached hydrogens (primary N) is 1. The van der Waals surface area contributed by atoms with Gasteiger partial charge in [0.25, 0.3) is 0 Å². The summed E-state index contributed by atoms with van der Waals surface area (Å²) < 4.78 is 10.3. The largest absolute Gasteiger partial charge is 0.492 e. The molecule has 112 valence electrons. The highest BCUT2D eigenvalue weighted by atomic mass is 32.1. The zero-order valence-electron chi connectivity index (χ0n) is 11.7. The predicted molar refractivity (Wildman–Crippen MR) is 78.7 cm³/mol. The van der Waals surface area contributed by atoms with Crippen LogP contribution in [0, 0.1) is 0 Å². The van der Waals surface area contributed by atoms with Crippen LogP contribution in [0.4, 0.5) is 10.7 Å². The van der Waals surface area contributed by atoms with Crippen LogP contribution in [0.1, 0.15) is 29.4 Å². The normalized spacial score (nSPS) is 18.9. The number of nitrogen functional groups attached to an aromatic ring is 1. The van der Waals surface area contributed by atoms with Gasteiger partial charge in [0.2, 0.25) is 0 Å². The summed E-state index contributed by atoms with van der Waals surface area (Å²) in [6.45, 7) is 3.39. The molecule has 6 nitrogen and oxygen atoms in total. The average Bonchev–Trinajstić information content (AvgIpc) is 2.76. The number of carbonyl (C=O) groups is 1. The third-order valence-corrected chi connectivity index (χ3v) is 4.46. The maximum Gasteiger partial charge on any atom is 0.350 e. The van der Waals surface area contributed by atoms with E-state index in [0.717, 1.165) is 24.4 Å². The molecule has 1 aliphatic heterocycles. The Morgan fingerprint density at radius 3 is 2.95 bits per heavy atom. The van der Waals surface area contributed by atoms with Gasteiger partial charge in [-0.15, -0.1) is 11.3 Å². The molecular weight excluding hydrogens is 280 g/mol. The first-order valence-corrected chi connectivity index (χ1v) is 7.46. The molecule has 1 fully saturated rings. The van der Waals surface area contributed by atoms with Crippen molar-refractivity contribution in [2.75, 3.05) is 37.4 Å². The van der Waals surface area contributed by atoms with Crippen LogP contribution in [0.15, 0.2) is 0 Å². The maximum absolute atomic E-state index is 11.9. The summed E-state index contributed by atoms with van der Waals surface area (Å²) >= 11 is 1.26. The fraction of sp³-hybridized carbons (Fsp3) is 0.615. The number of ether oxygens (including phenoxy) is 2. The number of β-amino-alcohol motifs (C(OH)–C–C–N with tert-alkyl or cyclic N) is 1. The second kappa shape index (κ2) is 6.32. The summed E-state index contributed by atoms with van der Waals surface area (Å²) in [6, 6.07) is 0. The molecule has 2 heterocycles. The van der Waals surface area contributed by atoms with Gasteiger partial charge in [-0.05, 0) is 19.8 Å². The lowest BCUT2D eigenvalue weighted by Gasteiger charge is -2.31. The number of thiophene rings is 1. The number of anilines is 2. The number of hydrogen-bond donors (Lipinski definition) is 2. The fourth-order valence-electron chi connectivity index (χ4n) is 2.31. The lowest BCUT2D eigenvalue weighted by atomic mass is 10.1. The van der Waals surface area contributed by atoms with Gasteiger partial charge in [-0.25, -0.2) is 4.79 Å². The van der Waals surface area contributed by atoms with Crippen LogP contribution in [0.25, 0.3) is 0 Å². The molecule has 1 atom stereocenters. The number of carbonyl (C=O) groups excluding carboxylic acids is 1. The van der Waals surface area contributed by atoms with E-state index in [9.17, 15) is 9.90 Å². The Hall–Kier alpha value is -1.47. The summed E-state index contributed by atoms with van der Waals surface area (Å²) in [4.78, 5) is 14.2. The van der Waals surface area contributed by atoms with Gasteiger partial charge in [0.15, 0.2) is 5.75 Å². The van der Waals surface area contributed by atoms with Crippen molar-refractivity contribution in [3.8, 4) is 5.75 Å². The molecule has 1 aliphatic rings. The summed E-state index contributed by atoms with van der Waals surface area (Å²) in [6.07, 6.45) is 1.34. The minimum atomic E-state index is -0.433. The van der Waals surface area contributed by atoms with Crippen molar-refractivity contribution in [1.82, 2.24) is 0 Å². The molecule has 1 aromatic heterocycles. The first-order valence-electron chi connectivity index (χ1n) is 6.64. The first-order chi connectivity index (χ1) is 9.58. The number of hydrogen-bond acceptors (Lipinski definition) is 7. The second-order valence-electron chi connectivity index (χ2n) is 4.65. The zero-order valence-corrected chi connectivity index (χ0v) is 12.5. The number of rotatable bonds is 4. The zero-order chi connectivity index (χ0) is 14.7. The first kappa shape index (κ1) is 14.9. The van der Waals surface area contributed by atoms with E-state index in [1.54, 1.807) is 6.92 Å². The SMILES string of the molecule is CCOC(=O)c1sc(N2CCCC(O)C2)c(OC)c1N. The highest BCUT2D eigenvalue weighted by molar-refractivity contribution is 7.19. The van der Waals surface area contributed by atoms with Crippen LogP contribution in [0.3, 0.4) is 0 Å². The summed E-state index contributed by atoms with van der Waals surface area (Å²) in [7, 11) is 1.53. The molecule has 7 heteroatoms. The lowest BCUT2D eigenvalue weighted by molar-refractivity contribution is 0.0533. The quantitative estimate of drug-likeness (QED) is 0.819. The van der Waals surface area contributed by atoms with Crippen molar-refractivity contribution < 1.29 is 19.4 Å². The van der Waals surface area contributed by atoms with Crippen molar-refractivity contribution >= 4 is 28.0 Å². The fourth-order valence-corrected chi connectivity index (χ4v) is 3.43. The highest BCUT2D eigenvalue weighted by Gasteiger charge is 2.28. The Bertz CT molecular complexity index is 489. The number of methoxy groups -OCH3 is 1. The number of esters is 1. The van der Waals surface area contributed by atoms with Gasteiger partial charge >= 0.3 is 5.97 Å². The van der Waals surface area contributed by atoms with Crippen LogP contribution in [0.5, 0.6) is 5.75 Å². The predicted octanol–water partition coefficient (Wildman–Crippen LogP) is 1.48. The Labute approximate surface area is 122 Å². The molecule has 0 aliphatic carbocycles. The number of nitrogens with zero attached hydrogens (tertiary/aromatic N) is 1. The lowest BCUT2D eigenvalue weighted by Crippen LogP contribution is -2.37. The van der Waals surface area contributed by atoms with E-state index in [0.29, 0.717) is 29.5 Å². The molecule has 0 saturated carbocycles. The Morgan fingerprint density at radius 2 is 2.35 bits per heavy atom. The summed E-state index contributed by atoms with van der Waals surface area (Å²) in [5.41, 5.74) is 6.29. The van der Waals surface area contributed by atoms with E-state index in [1.807, 2.05) is 4.90 Å². The molecule has 2 rings (SSSR count). The third-order valence-electron chi connectivity index (χ3n) is 3.23. The molecule has 0 aromatic carbocycles. The van der Waals surface area contributed by atoms with Crippen molar-refractivity contribution in [2.45, 2.75) is 25.9 Å². The van der Waals surface area contributed by atoms with Crippen molar-refractivity contribution in [1.29, 1.82) is 0 Å². The Kier molecular flexibility index (Phi) is 4.72. The van der Waals surface area contributed by atoms with E-state index in [1.165, 1.54) is 18.4 Å². The molecule has 1 saturated heterocycles. The Balaban J connectivity index is 2.32. The molecule has 1 unspecified atom stereocenters. The van der Waals surface area contributed by atoms with Crippen LogP contribution in [-0.2, 0) is 4.74 Å². The third kappa shape index (κ3) is 2.83. The standard InChI is InChI=1S/C13H20N2O4S/c1-3-19-13(17)11-9(14)10(18-2)12(20-11)15-6-4-5-8(16)7-15/h8,16H,3-7,14H2,1-2H3. The minimum Gasteiger partial charge on any atom is -0.492 e. The molecule has 0 radical (unpaired) electrons. The smallest absolute Gasteiger partial charge is 0.350 e. The highest BCUT2D eigenvalue weighted by Crippen LogP contribution is 2.45. The molecular formula is C13H20N2O4S. The molecule has 0 spiro atoms. The number of piperidine rings is 1. The van der Waals surface area contributed by atoms with E-state index in [4.69, 9.17) is 15.2 Å². The maximum atomic E-state index is 11.9. The minimum absolute atomic E-state index is 0.302. The van der Waals surface area contributed by atoms with Gasteiger partial charge in [0.05, 0.1) is 19.8 Å². The number of aliphatic hydroxyl groups is 1. The van der Waals surface area contributed by atoms with Crippen LogP contribution in [-0.4, -0.2) is 44.0 Å². The topological polar surface area (TPSA) is 85.0 Å². The molecule has 1 aromatic rings. The van der Waals surface area contributed by atoms with E-state index in [2.05, 4.69) is 0 Å². The van der Waals surface area contributed by atoms with E-state index < -0.39 is 5.97 Å². The van der Waals surface area contributed by atoms with E-state index >= 15 is 0 Å². The van der Waals surface area contributed by atoms with Gasteiger partial charge in [-0.1, -0.05) is 0 Å². The summed E-state index contributed by atoms with van der Waals surface area (Å²) in [5, 5.41) is 10.6. The van der Waals surface area contributed by atoms with Crippen LogP contribution < -0.4 is 15.4 Å². The van der Waals surface area contributed by atoms with Gasteiger partial charge < -0.3 is 25.2 Å². The molecule has 0 bridgehead atoms. The molecule has 20 heavy (non-hydrogen) atoms. The van der Waals surface area contributed by atoms with Crippen LogP contribution in [0.2, 0.25) is 0 Å². The van der Waals surface area contributed by atoms with Gasteiger partial charge in [0, 0.05) is 13.1 Å². The van der Waals surface area contributed by atoms with Crippen molar-refractivity contribution in [3.05, 3.63) is 4.88 Å². The van der Waals surface area contributed by atoms with Gasteiger partial charge in [-0.2, -0.15) is 0 Å². The summed E-state index contributed by atoms with van der Waals surface area (Å²) in [5.74, 6) is 0.0595. The second-order valence-corrected chi connectivity index (χ2v) is 5.64. The van der Waals surface area contributed by atoms with Gasteiger partial charge in [0.1, 0.15) is 15.6 Å². The van der Waals surface area contributed by atoms with Crippen molar-refractivity contribution in [2.24, 2.45) is 0 Å². The Morgan fingerprint density at radius 1 is 1.60 bits per heavy atom. The monoisotopic (exact) mass is 300 g/mol. The number of aliphatic hydroxyl groups excluding tert-OH is 1. The molecule has 0 amide bonds. The average molecular weight is 300 g/mol. The van der Waals surface area contributed by atoms with Crippen molar-refractivity contribution in [3.63, 3.8) is 0 Å². The molecule has 3 N–H and O–H groups in total. The van der Waals surface area contributed by atoms with E-state index in [-0.39, 0.29) is 6.10 Å².